The maximum atomic E-state index is 12.7. The summed E-state index contributed by atoms with van der Waals surface area (Å²) >= 11 is 0.356. The van der Waals surface area contributed by atoms with E-state index in [0.717, 1.165) is 10.4 Å². The van der Waals surface area contributed by atoms with Crippen LogP contribution in [0, 0.1) is 5.92 Å². The smallest absolute Gasteiger partial charge is 0.427 e. The molecule has 0 bridgehead atoms. The first-order chi connectivity index (χ1) is 9.30. The molecule has 20 heavy (non-hydrogen) atoms. The summed E-state index contributed by atoms with van der Waals surface area (Å²) < 4.78 is 38.2. The molecule has 2 heterocycles. The van der Waals surface area contributed by atoms with Crippen molar-refractivity contribution in [2.75, 3.05) is 13.1 Å². The Morgan fingerprint density at radius 2 is 2.15 bits per heavy atom. The zero-order valence-corrected chi connectivity index (χ0v) is 11.0. The lowest BCUT2D eigenvalue weighted by Crippen LogP contribution is -2.42. The highest BCUT2D eigenvalue weighted by Gasteiger charge is 2.40. The van der Waals surface area contributed by atoms with Gasteiger partial charge in [0.1, 0.15) is 4.88 Å². The van der Waals surface area contributed by atoms with Crippen molar-refractivity contribution in [2.45, 2.75) is 19.0 Å². The molecule has 1 N–H and O–H groups in total. The standard InChI is InChI=1S/C11H11F3N2O3S/c12-11(13,14)8-7(15-5-20-8)9(17)16-3-1-2-6(4-16)10(18)19/h5-6H,1-4H2,(H,18,19). The van der Waals surface area contributed by atoms with Crippen LogP contribution >= 0.6 is 11.3 Å². The van der Waals surface area contributed by atoms with Crippen LogP contribution in [-0.4, -0.2) is 40.0 Å². The Bertz CT molecular complexity index is 529. The number of thiazole rings is 1. The van der Waals surface area contributed by atoms with E-state index in [2.05, 4.69) is 4.98 Å². The van der Waals surface area contributed by atoms with E-state index < -0.39 is 34.5 Å². The molecule has 0 saturated carbocycles. The number of hydrogen-bond acceptors (Lipinski definition) is 4. The minimum absolute atomic E-state index is 0.0804. The molecule has 1 atom stereocenters. The van der Waals surface area contributed by atoms with Gasteiger partial charge >= 0.3 is 12.1 Å². The van der Waals surface area contributed by atoms with Crippen LogP contribution in [0.15, 0.2) is 5.51 Å². The Hall–Kier alpha value is -1.64. The summed E-state index contributed by atoms with van der Waals surface area (Å²) in [4.78, 5) is 26.6. The summed E-state index contributed by atoms with van der Waals surface area (Å²) in [7, 11) is 0. The number of aromatic nitrogens is 1. The third kappa shape index (κ3) is 2.92. The molecule has 1 unspecified atom stereocenters. The monoisotopic (exact) mass is 308 g/mol. The second kappa shape index (κ2) is 5.39. The van der Waals surface area contributed by atoms with Crippen molar-refractivity contribution in [3.63, 3.8) is 0 Å². The Labute approximate surface area is 116 Å². The molecule has 1 amide bonds. The molecule has 1 aromatic heterocycles. The van der Waals surface area contributed by atoms with E-state index in [4.69, 9.17) is 5.11 Å². The van der Waals surface area contributed by atoms with Crippen molar-refractivity contribution in [1.82, 2.24) is 9.88 Å². The molecule has 0 aliphatic carbocycles. The molecule has 9 heteroatoms. The van der Waals surface area contributed by atoms with Crippen LogP contribution in [0.2, 0.25) is 0 Å². The number of carboxylic acids is 1. The first kappa shape index (κ1) is 14.8. The molecule has 1 saturated heterocycles. The fraction of sp³-hybridized carbons (Fsp3) is 0.545. The number of piperidine rings is 1. The van der Waals surface area contributed by atoms with Crippen molar-refractivity contribution in [3.05, 3.63) is 16.1 Å². The molecule has 2 rings (SSSR count). The van der Waals surface area contributed by atoms with E-state index in [1.54, 1.807) is 0 Å². The van der Waals surface area contributed by atoms with Crippen LogP contribution in [0.1, 0.15) is 28.2 Å². The number of carboxylic acid groups (broad SMARTS) is 1. The molecule has 110 valence electrons. The average Bonchev–Trinajstić information content (AvgIpc) is 2.87. The first-order valence-corrected chi connectivity index (χ1v) is 6.71. The number of likely N-dealkylation sites (tertiary alicyclic amines) is 1. The van der Waals surface area contributed by atoms with Gasteiger partial charge in [0.25, 0.3) is 5.91 Å². The van der Waals surface area contributed by atoms with Crippen molar-refractivity contribution < 1.29 is 27.9 Å². The van der Waals surface area contributed by atoms with Crippen molar-refractivity contribution in [2.24, 2.45) is 5.92 Å². The van der Waals surface area contributed by atoms with E-state index in [1.807, 2.05) is 0 Å². The van der Waals surface area contributed by atoms with Gasteiger partial charge in [-0.3, -0.25) is 9.59 Å². The Morgan fingerprint density at radius 3 is 2.75 bits per heavy atom. The van der Waals surface area contributed by atoms with Crippen molar-refractivity contribution in [3.8, 4) is 0 Å². The van der Waals surface area contributed by atoms with Gasteiger partial charge in [-0.15, -0.1) is 11.3 Å². The molecular weight excluding hydrogens is 297 g/mol. The predicted octanol–water partition coefficient (Wildman–Crippen LogP) is 2.10. The molecular formula is C11H11F3N2O3S. The summed E-state index contributed by atoms with van der Waals surface area (Å²) in [5.74, 6) is -2.64. The van der Waals surface area contributed by atoms with Gasteiger partial charge in [0.2, 0.25) is 0 Å². The zero-order chi connectivity index (χ0) is 14.9. The van der Waals surface area contributed by atoms with Gasteiger partial charge in [-0.2, -0.15) is 13.2 Å². The van der Waals surface area contributed by atoms with Crippen LogP contribution in [0.3, 0.4) is 0 Å². The minimum Gasteiger partial charge on any atom is -0.481 e. The lowest BCUT2D eigenvalue weighted by Gasteiger charge is -2.30. The predicted molar refractivity (Wildman–Crippen MR) is 63.4 cm³/mol. The van der Waals surface area contributed by atoms with Gasteiger partial charge < -0.3 is 10.0 Å². The number of carbonyl (C=O) groups excluding carboxylic acids is 1. The van der Waals surface area contributed by atoms with E-state index in [0.29, 0.717) is 24.2 Å². The van der Waals surface area contributed by atoms with Crippen LogP contribution in [0.5, 0.6) is 0 Å². The highest BCUT2D eigenvalue weighted by molar-refractivity contribution is 7.10. The molecule has 5 nitrogen and oxygen atoms in total. The number of halogens is 3. The lowest BCUT2D eigenvalue weighted by molar-refractivity contribution is -0.143. The summed E-state index contributed by atoms with van der Waals surface area (Å²) in [5, 5.41) is 8.92. The fourth-order valence-electron chi connectivity index (χ4n) is 2.11. The third-order valence-electron chi connectivity index (χ3n) is 3.09. The van der Waals surface area contributed by atoms with E-state index in [9.17, 15) is 22.8 Å². The van der Waals surface area contributed by atoms with Gasteiger partial charge in [0.05, 0.1) is 11.4 Å². The number of alkyl halides is 3. The molecule has 0 aromatic carbocycles. The lowest BCUT2D eigenvalue weighted by atomic mass is 9.98. The van der Waals surface area contributed by atoms with Gasteiger partial charge in [-0.1, -0.05) is 0 Å². The second-order valence-corrected chi connectivity index (χ2v) is 5.31. The van der Waals surface area contributed by atoms with Crippen molar-refractivity contribution in [1.29, 1.82) is 0 Å². The largest absolute Gasteiger partial charge is 0.481 e. The Kier molecular flexibility index (Phi) is 3.98. The third-order valence-corrected chi connectivity index (χ3v) is 3.96. The SMILES string of the molecule is O=C(O)C1CCCN(C(=O)c2ncsc2C(F)(F)F)C1. The van der Waals surface area contributed by atoms with E-state index >= 15 is 0 Å². The number of aliphatic carboxylic acids is 1. The second-order valence-electron chi connectivity index (χ2n) is 4.46. The number of amides is 1. The number of carbonyl (C=O) groups is 2. The highest BCUT2D eigenvalue weighted by atomic mass is 32.1. The minimum atomic E-state index is -4.63. The van der Waals surface area contributed by atoms with E-state index in [-0.39, 0.29) is 13.1 Å². The first-order valence-electron chi connectivity index (χ1n) is 5.83. The number of nitrogens with zero attached hydrogens (tertiary/aromatic N) is 2. The average molecular weight is 308 g/mol. The summed E-state index contributed by atoms with van der Waals surface area (Å²) in [6.45, 7) is 0.167. The summed E-state index contributed by atoms with van der Waals surface area (Å²) in [6.07, 6.45) is -3.76. The molecule has 0 spiro atoms. The maximum Gasteiger partial charge on any atom is 0.427 e. The van der Waals surface area contributed by atoms with Crippen LogP contribution in [0.25, 0.3) is 0 Å². The van der Waals surface area contributed by atoms with Gasteiger partial charge in [0.15, 0.2) is 5.69 Å². The zero-order valence-electron chi connectivity index (χ0n) is 10.2. The van der Waals surface area contributed by atoms with Gasteiger partial charge in [0, 0.05) is 13.1 Å². The van der Waals surface area contributed by atoms with Crippen LogP contribution in [0.4, 0.5) is 13.2 Å². The highest BCUT2D eigenvalue weighted by Crippen LogP contribution is 2.35. The fourth-order valence-corrected chi connectivity index (χ4v) is 2.76. The van der Waals surface area contributed by atoms with Gasteiger partial charge in [-0.25, -0.2) is 4.98 Å². The Balaban J connectivity index is 2.20. The molecule has 1 fully saturated rings. The number of rotatable bonds is 2. The van der Waals surface area contributed by atoms with Crippen molar-refractivity contribution >= 4 is 23.2 Å². The summed E-state index contributed by atoms with van der Waals surface area (Å²) in [5.41, 5.74) is 0.322. The molecule has 1 aromatic rings. The normalized spacial score (nSPS) is 19.9. The van der Waals surface area contributed by atoms with Crippen LogP contribution in [-0.2, 0) is 11.0 Å². The molecule has 1 aliphatic heterocycles. The molecule has 0 radical (unpaired) electrons. The summed E-state index contributed by atoms with van der Waals surface area (Å²) in [6, 6.07) is 0. The number of hydrogen-bond donors (Lipinski definition) is 1. The van der Waals surface area contributed by atoms with E-state index in [1.165, 1.54) is 0 Å². The Morgan fingerprint density at radius 1 is 1.45 bits per heavy atom. The maximum absolute atomic E-state index is 12.7. The van der Waals surface area contributed by atoms with Gasteiger partial charge in [-0.05, 0) is 12.8 Å². The topological polar surface area (TPSA) is 70.5 Å². The van der Waals surface area contributed by atoms with Crippen LogP contribution < -0.4 is 0 Å². The quantitative estimate of drug-likeness (QED) is 0.908. The molecule has 1 aliphatic rings.